The Morgan fingerprint density at radius 2 is 1.89 bits per heavy atom. The van der Waals surface area contributed by atoms with Crippen molar-refractivity contribution in [3.05, 3.63) is 81.9 Å². The molecule has 0 amide bonds. The summed E-state index contributed by atoms with van der Waals surface area (Å²) in [7, 11) is 1.51. The molecule has 0 aliphatic carbocycles. The van der Waals surface area contributed by atoms with Crippen LogP contribution >= 0.6 is 11.6 Å². The topological polar surface area (TPSA) is 113 Å². The molecule has 0 bridgehead atoms. The molecule has 5 aromatic rings. The van der Waals surface area contributed by atoms with Crippen LogP contribution in [0.25, 0.3) is 28.0 Å². The molecule has 180 valence electrons. The minimum Gasteiger partial charge on any atom is -0.493 e. The summed E-state index contributed by atoms with van der Waals surface area (Å²) in [5.41, 5.74) is 2.26. The first-order chi connectivity index (χ1) is 17.6. The van der Waals surface area contributed by atoms with Gasteiger partial charge in [-0.25, -0.2) is 9.67 Å². The van der Waals surface area contributed by atoms with E-state index in [2.05, 4.69) is 20.3 Å². The number of aromatic amines is 1. The van der Waals surface area contributed by atoms with Gasteiger partial charge < -0.3 is 23.9 Å². The molecule has 0 spiro atoms. The van der Waals surface area contributed by atoms with Gasteiger partial charge in [0.25, 0.3) is 5.56 Å². The van der Waals surface area contributed by atoms with Gasteiger partial charge in [0, 0.05) is 16.7 Å². The summed E-state index contributed by atoms with van der Waals surface area (Å²) in [4.78, 5) is 20.3. The maximum Gasteiger partial charge on any atom is 0.259 e. The normalized spacial score (nSPS) is 12.2. The Balaban J connectivity index is 1.30. The van der Waals surface area contributed by atoms with Gasteiger partial charge in [-0.2, -0.15) is 0 Å². The summed E-state index contributed by atoms with van der Waals surface area (Å²) >= 11 is 5.95. The largest absolute Gasteiger partial charge is 0.493 e. The lowest BCUT2D eigenvalue weighted by molar-refractivity contribution is 0.174. The average Bonchev–Trinajstić information content (AvgIpc) is 3.56. The van der Waals surface area contributed by atoms with Crippen molar-refractivity contribution in [2.24, 2.45) is 0 Å². The second kappa shape index (κ2) is 8.90. The lowest BCUT2D eigenvalue weighted by Gasteiger charge is -2.11. The van der Waals surface area contributed by atoms with E-state index in [1.54, 1.807) is 47.3 Å². The highest BCUT2D eigenvalue weighted by atomic mass is 35.5. The summed E-state index contributed by atoms with van der Waals surface area (Å²) < 4.78 is 23.9. The fraction of sp³-hybridized carbons (Fsp3) is 0.120. The van der Waals surface area contributed by atoms with Crippen molar-refractivity contribution in [3.8, 4) is 40.1 Å². The van der Waals surface area contributed by atoms with Crippen LogP contribution < -0.4 is 24.5 Å². The van der Waals surface area contributed by atoms with Crippen molar-refractivity contribution in [1.29, 1.82) is 0 Å². The molecule has 11 heteroatoms. The minimum absolute atomic E-state index is 0.133. The van der Waals surface area contributed by atoms with Crippen LogP contribution in [-0.4, -0.2) is 38.9 Å². The second-order valence-corrected chi connectivity index (χ2v) is 8.36. The van der Waals surface area contributed by atoms with Gasteiger partial charge in [-0.05, 0) is 48.5 Å². The van der Waals surface area contributed by atoms with Gasteiger partial charge in [-0.1, -0.05) is 16.8 Å². The number of nitrogens with one attached hydrogen (secondary N) is 1. The fourth-order valence-corrected chi connectivity index (χ4v) is 3.96. The molecule has 6 rings (SSSR count). The van der Waals surface area contributed by atoms with Gasteiger partial charge in [0.1, 0.15) is 18.1 Å². The number of halogens is 1. The third kappa shape index (κ3) is 4.07. The molecule has 0 saturated heterocycles. The Labute approximate surface area is 209 Å². The van der Waals surface area contributed by atoms with E-state index in [0.29, 0.717) is 56.0 Å². The zero-order chi connectivity index (χ0) is 24.6. The summed E-state index contributed by atoms with van der Waals surface area (Å²) in [6.45, 7) is 0.294. The van der Waals surface area contributed by atoms with E-state index in [-0.39, 0.29) is 19.0 Å². The second-order valence-electron chi connectivity index (χ2n) is 7.92. The maximum atomic E-state index is 12.8. The Morgan fingerprint density at radius 1 is 1.06 bits per heavy atom. The van der Waals surface area contributed by atoms with E-state index < -0.39 is 0 Å². The van der Waals surface area contributed by atoms with Gasteiger partial charge in [0.05, 0.1) is 29.9 Å². The standard InChI is InChI=1S/C25H18ClN5O5/c1-33-21-9-18-19(27-24(28-25(18)32)14-2-7-20-22(8-14)36-13-35-20)10-23(21)34-12-16-11-31(30-29-16)17-5-3-15(26)4-6-17/h2-11H,12-13H2,1H3,(H,27,28,32). The molecule has 0 unspecified atom stereocenters. The first-order valence-corrected chi connectivity index (χ1v) is 11.3. The third-order valence-electron chi connectivity index (χ3n) is 5.64. The van der Waals surface area contributed by atoms with E-state index in [1.165, 1.54) is 7.11 Å². The molecular formula is C25H18ClN5O5. The molecule has 2 aromatic heterocycles. The minimum atomic E-state index is -0.302. The van der Waals surface area contributed by atoms with E-state index in [0.717, 1.165) is 5.69 Å². The van der Waals surface area contributed by atoms with E-state index in [4.69, 9.17) is 30.5 Å². The molecule has 10 nitrogen and oxygen atoms in total. The SMILES string of the molecule is COc1cc2c(=O)[nH]c(-c3ccc4c(c3)OCO4)nc2cc1OCc1cn(-c2ccc(Cl)cc2)nn1. The molecule has 0 atom stereocenters. The van der Waals surface area contributed by atoms with Gasteiger partial charge in [0.2, 0.25) is 6.79 Å². The molecule has 1 N–H and O–H groups in total. The monoisotopic (exact) mass is 503 g/mol. The number of hydrogen-bond donors (Lipinski definition) is 1. The summed E-state index contributed by atoms with van der Waals surface area (Å²) in [5, 5.41) is 9.31. The van der Waals surface area contributed by atoms with Crippen molar-refractivity contribution >= 4 is 22.5 Å². The van der Waals surface area contributed by atoms with Crippen molar-refractivity contribution in [1.82, 2.24) is 25.0 Å². The predicted octanol–water partition coefficient (Wildman–Crippen LogP) is 4.14. The molecule has 0 radical (unpaired) electrons. The Hall–Kier alpha value is -4.57. The Kier molecular flexibility index (Phi) is 5.42. The maximum absolute atomic E-state index is 12.8. The van der Waals surface area contributed by atoms with Crippen LogP contribution in [-0.2, 0) is 6.61 Å². The fourth-order valence-electron chi connectivity index (χ4n) is 3.84. The third-order valence-corrected chi connectivity index (χ3v) is 5.90. The van der Waals surface area contributed by atoms with Gasteiger partial charge in [0.15, 0.2) is 23.0 Å². The lowest BCUT2D eigenvalue weighted by atomic mass is 10.1. The molecule has 36 heavy (non-hydrogen) atoms. The van der Waals surface area contributed by atoms with Crippen LogP contribution in [0.15, 0.2) is 65.6 Å². The number of fused-ring (bicyclic) bond motifs is 2. The number of rotatable bonds is 6. The number of hydrogen-bond acceptors (Lipinski definition) is 8. The summed E-state index contributed by atoms with van der Waals surface area (Å²) in [5.74, 6) is 2.46. The predicted molar refractivity (Wildman–Crippen MR) is 131 cm³/mol. The molecule has 0 fully saturated rings. The highest BCUT2D eigenvalue weighted by Crippen LogP contribution is 2.36. The van der Waals surface area contributed by atoms with E-state index in [1.807, 2.05) is 18.2 Å². The van der Waals surface area contributed by atoms with Crippen LogP contribution in [0.4, 0.5) is 0 Å². The van der Waals surface area contributed by atoms with Crippen LogP contribution in [0.2, 0.25) is 5.02 Å². The summed E-state index contributed by atoms with van der Waals surface area (Å²) in [6.07, 6.45) is 1.76. The summed E-state index contributed by atoms with van der Waals surface area (Å²) in [6, 6.07) is 15.9. The molecule has 3 aromatic carbocycles. The average molecular weight is 504 g/mol. The van der Waals surface area contributed by atoms with Crippen LogP contribution in [0.1, 0.15) is 5.69 Å². The van der Waals surface area contributed by atoms with Crippen LogP contribution in [0, 0.1) is 0 Å². The highest BCUT2D eigenvalue weighted by Gasteiger charge is 2.17. The molecular weight excluding hydrogens is 486 g/mol. The quantitative estimate of drug-likeness (QED) is 0.368. The van der Waals surface area contributed by atoms with E-state index >= 15 is 0 Å². The van der Waals surface area contributed by atoms with Crippen molar-refractivity contribution in [2.45, 2.75) is 6.61 Å². The van der Waals surface area contributed by atoms with Gasteiger partial charge in [-0.3, -0.25) is 4.79 Å². The number of benzene rings is 3. The molecule has 1 aliphatic heterocycles. The number of aromatic nitrogens is 5. The number of nitrogens with zero attached hydrogens (tertiary/aromatic N) is 4. The first kappa shape index (κ1) is 21.9. The lowest BCUT2D eigenvalue weighted by Crippen LogP contribution is -2.10. The molecule has 1 aliphatic rings. The van der Waals surface area contributed by atoms with Crippen LogP contribution in [0.5, 0.6) is 23.0 Å². The van der Waals surface area contributed by atoms with Crippen molar-refractivity contribution in [2.75, 3.05) is 13.9 Å². The first-order valence-electron chi connectivity index (χ1n) is 10.9. The van der Waals surface area contributed by atoms with E-state index in [9.17, 15) is 4.79 Å². The molecule has 3 heterocycles. The van der Waals surface area contributed by atoms with Crippen molar-refractivity contribution in [3.63, 3.8) is 0 Å². The Morgan fingerprint density at radius 3 is 2.72 bits per heavy atom. The van der Waals surface area contributed by atoms with Gasteiger partial charge >= 0.3 is 0 Å². The van der Waals surface area contributed by atoms with Gasteiger partial charge in [-0.15, -0.1) is 5.10 Å². The molecule has 0 saturated carbocycles. The van der Waals surface area contributed by atoms with Crippen molar-refractivity contribution < 1.29 is 18.9 Å². The Bertz CT molecular complexity index is 1650. The highest BCUT2D eigenvalue weighted by molar-refractivity contribution is 6.30. The smallest absolute Gasteiger partial charge is 0.259 e. The number of H-pyrrole nitrogens is 1. The number of methoxy groups -OCH3 is 1. The number of ether oxygens (including phenoxy) is 4. The zero-order valence-electron chi connectivity index (χ0n) is 18.9. The zero-order valence-corrected chi connectivity index (χ0v) is 19.7. The van der Waals surface area contributed by atoms with Crippen LogP contribution in [0.3, 0.4) is 0 Å².